The number of hydrogen-bond acceptors (Lipinski definition) is 7. The number of hydrogen-bond donors (Lipinski definition) is 3. The van der Waals surface area contributed by atoms with Gasteiger partial charge in [-0.1, -0.05) is 13.8 Å². The summed E-state index contributed by atoms with van der Waals surface area (Å²) in [5.74, 6) is 1.61. The molecule has 156 valence electrons. The number of piperidine rings is 1. The highest BCUT2D eigenvalue weighted by Crippen LogP contribution is 2.28. The van der Waals surface area contributed by atoms with Crippen LogP contribution in [0.3, 0.4) is 0 Å². The third-order valence-electron chi connectivity index (χ3n) is 5.58. The molecule has 0 aromatic carbocycles. The van der Waals surface area contributed by atoms with Crippen molar-refractivity contribution in [3.05, 3.63) is 40.6 Å². The fourth-order valence-electron chi connectivity index (χ4n) is 3.66. The molecule has 1 aliphatic rings. The summed E-state index contributed by atoms with van der Waals surface area (Å²) in [5, 5.41) is 10.5. The fourth-order valence-corrected chi connectivity index (χ4v) is 3.66. The Balaban J connectivity index is 2.08. The molecule has 1 saturated heterocycles. The summed E-state index contributed by atoms with van der Waals surface area (Å²) in [6.07, 6.45) is 4.89. The second-order valence-corrected chi connectivity index (χ2v) is 8.11. The van der Waals surface area contributed by atoms with E-state index in [1.807, 2.05) is 47.7 Å². The number of aryl methyl sites for hydroxylation is 2. The highest BCUT2D eigenvalue weighted by Gasteiger charge is 2.26. The molecule has 28 heavy (non-hydrogen) atoms. The van der Waals surface area contributed by atoms with E-state index in [2.05, 4.69) is 9.80 Å². The smallest absolute Gasteiger partial charge is 0.225 e. The van der Waals surface area contributed by atoms with Crippen LogP contribution in [0.4, 0.5) is 5.95 Å². The van der Waals surface area contributed by atoms with Crippen molar-refractivity contribution in [1.29, 1.82) is 0 Å². The van der Waals surface area contributed by atoms with Crippen molar-refractivity contribution in [2.75, 3.05) is 25.0 Å². The number of rotatable bonds is 6. The second-order valence-electron chi connectivity index (χ2n) is 8.11. The molecular weight excluding hydrogens is 352 g/mol. The van der Waals surface area contributed by atoms with E-state index in [0.717, 1.165) is 60.2 Å². The van der Waals surface area contributed by atoms with Gasteiger partial charge in [0.25, 0.3) is 0 Å². The van der Waals surface area contributed by atoms with Gasteiger partial charge in [0, 0.05) is 43.1 Å². The zero-order valence-electron chi connectivity index (χ0n) is 18.1. The monoisotopic (exact) mass is 388 g/mol. The van der Waals surface area contributed by atoms with E-state index in [9.17, 15) is 5.11 Å². The Morgan fingerprint density at radius 2 is 1.75 bits per heavy atom. The molecule has 1 aromatic heterocycles. The van der Waals surface area contributed by atoms with Crippen molar-refractivity contribution in [3.63, 3.8) is 0 Å². The molecule has 0 saturated carbocycles. The molecule has 1 atom stereocenters. The summed E-state index contributed by atoms with van der Waals surface area (Å²) >= 11 is 0. The van der Waals surface area contributed by atoms with Gasteiger partial charge in [0.05, 0.1) is 11.9 Å². The molecule has 0 amide bonds. The number of allylic oxidation sites excluding steroid dienone is 2. The van der Waals surface area contributed by atoms with Crippen molar-refractivity contribution in [1.82, 2.24) is 14.9 Å². The summed E-state index contributed by atoms with van der Waals surface area (Å²) in [7, 11) is 2.03. The zero-order chi connectivity index (χ0) is 21.0. The van der Waals surface area contributed by atoms with E-state index in [0.29, 0.717) is 6.04 Å². The van der Waals surface area contributed by atoms with Gasteiger partial charge in [-0.2, -0.15) is 0 Å². The topological polar surface area (TPSA) is 105 Å². The van der Waals surface area contributed by atoms with Crippen LogP contribution in [0.25, 0.3) is 0 Å². The van der Waals surface area contributed by atoms with Crippen LogP contribution in [-0.4, -0.2) is 46.2 Å². The Bertz CT molecular complexity index is 711. The van der Waals surface area contributed by atoms with Crippen LogP contribution in [0.5, 0.6) is 0 Å². The molecule has 1 aliphatic heterocycles. The molecule has 7 nitrogen and oxygen atoms in total. The van der Waals surface area contributed by atoms with Gasteiger partial charge in [0.2, 0.25) is 5.95 Å². The third kappa shape index (κ3) is 4.95. The Morgan fingerprint density at radius 3 is 2.21 bits per heavy atom. The lowest BCUT2D eigenvalue weighted by Gasteiger charge is -2.38. The summed E-state index contributed by atoms with van der Waals surface area (Å²) in [5.41, 5.74) is 15.3. The number of aromatic nitrogens is 2. The predicted molar refractivity (Wildman–Crippen MR) is 115 cm³/mol. The van der Waals surface area contributed by atoms with E-state index in [1.54, 1.807) is 6.20 Å². The van der Waals surface area contributed by atoms with Gasteiger partial charge < -0.3 is 26.4 Å². The maximum atomic E-state index is 10.5. The lowest BCUT2D eigenvalue weighted by atomic mass is 9.97. The zero-order valence-corrected chi connectivity index (χ0v) is 18.1. The average molecular weight is 389 g/mol. The van der Waals surface area contributed by atoms with E-state index in [4.69, 9.17) is 21.4 Å². The van der Waals surface area contributed by atoms with Gasteiger partial charge in [-0.15, -0.1) is 0 Å². The summed E-state index contributed by atoms with van der Waals surface area (Å²) in [6, 6.07) is 0.377. The first-order valence-electron chi connectivity index (χ1n) is 10.0. The molecule has 2 heterocycles. The fraction of sp³-hybridized carbons (Fsp3) is 0.619. The third-order valence-corrected chi connectivity index (χ3v) is 5.58. The van der Waals surface area contributed by atoms with Crippen LogP contribution in [0, 0.1) is 19.8 Å². The molecule has 1 aromatic rings. The highest BCUT2D eigenvalue weighted by molar-refractivity contribution is 5.38. The normalized spacial score (nSPS) is 17.9. The van der Waals surface area contributed by atoms with Crippen molar-refractivity contribution >= 4 is 5.95 Å². The van der Waals surface area contributed by atoms with Crippen molar-refractivity contribution < 1.29 is 5.11 Å². The second kappa shape index (κ2) is 9.28. The number of aliphatic hydroxyl groups excluding tert-OH is 1. The standard InChI is InChI=1S/C21H36N6O/c1-13(2)20(28)19-15(4)24-21(25-16(19)5)27-9-7-17(8-10-27)26(6)18(23)11-14(3)12-22/h11-13,17,20,28H,7-10,22-23H2,1-6H3/b14-12-,18-11+. The molecule has 1 unspecified atom stereocenters. The van der Waals surface area contributed by atoms with Crippen LogP contribution in [0.2, 0.25) is 0 Å². The van der Waals surface area contributed by atoms with Crippen LogP contribution >= 0.6 is 0 Å². The maximum absolute atomic E-state index is 10.5. The molecule has 5 N–H and O–H groups in total. The number of anilines is 1. The first kappa shape index (κ1) is 22.0. The first-order valence-corrected chi connectivity index (χ1v) is 10.0. The molecule has 0 radical (unpaired) electrons. The Labute approximate surface area is 169 Å². The number of aliphatic hydroxyl groups is 1. The van der Waals surface area contributed by atoms with Gasteiger partial charge in [-0.25, -0.2) is 9.97 Å². The molecule has 7 heteroatoms. The number of nitrogens with zero attached hydrogens (tertiary/aromatic N) is 4. The average Bonchev–Trinajstić information content (AvgIpc) is 2.66. The van der Waals surface area contributed by atoms with Gasteiger partial charge in [0.1, 0.15) is 0 Å². The van der Waals surface area contributed by atoms with Crippen molar-refractivity contribution in [3.8, 4) is 0 Å². The van der Waals surface area contributed by atoms with E-state index in [-0.39, 0.29) is 5.92 Å². The summed E-state index contributed by atoms with van der Waals surface area (Å²) < 4.78 is 0. The van der Waals surface area contributed by atoms with Gasteiger partial charge in [-0.3, -0.25) is 0 Å². The van der Waals surface area contributed by atoms with Crippen LogP contribution in [0.15, 0.2) is 23.7 Å². The maximum Gasteiger partial charge on any atom is 0.225 e. The van der Waals surface area contributed by atoms with Crippen LogP contribution in [0.1, 0.15) is 56.7 Å². The molecule has 0 spiro atoms. The molecule has 0 aliphatic carbocycles. The predicted octanol–water partition coefficient (Wildman–Crippen LogP) is 2.35. The number of nitrogens with two attached hydrogens (primary N) is 2. The van der Waals surface area contributed by atoms with Gasteiger partial charge in [0.15, 0.2) is 0 Å². The molecule has 2 rings (SSSR count). The van der Waals surface area contributed by atoms with E-state index < -0.39 is 6.10 Å². The van der Waals surface area contributed by atoms with E-state index >= 15 is 0 Å². The van der Waals surface area contributed by atoms with Gasteiger partial charge >= 0.3 is 0 Å². The quantitative estimate of drug-likeness (QED) is 0.643. The highest BCUT2D eigenvalue weighted by atomic mass is 16.3. The van der Waals surface area contributed by atoms with Crippen molar-refractivity contribution in [2.24, 2.45) is 17.4 Å². The SMILES string of the molecule is CC(=C/N)/C=C(\N)N(C)C1CCN(c2nc(C)c(C(O)C(C)C)c(C)n2)CC1. The lowest BCUT2D eigenvalue weighted by molar-refractivity contribution is 0.124. The molecule has 0 bridgehead atoms. The van der Waals surface area contributed by atoms with E-state index in [1.165, 1.54) is 0 Å². The largest absolute Gasteiger partial charge is 0.404 e. The Hall–Kier alpha value is -2.28. The van der Waals surface area contributed by atoms with Gasteiger partial charge in [-0.05, 0) is 57.4 Å². The minimum absolute atomic E-state index is 0.134. The minimum atomic E-state index is -0.533. The van der Waals surface area contributed by atoms with Crippen molar-refractivity contribution in [2.45, 2.75) is 59.6 Å². The minimum Gasteiger partial charge on any atom is -0.404 e. The Morgan fingerprint density at radius 1 is 1.21 bits per heavy atom. The molecule has 1 fully saturated rings. The first-order chi connectivity index (χ1) is 13.1. The van der Waals surface area contributed by atoms with Crippen LogP contribution in [-0.2, 0) is 0 Å². The Kier molecular flexibility index (Phi) is 7.29. The summed E-state index contributed by atoms with van der Waals surface area (Å²) in [6.45, 7) is 11.6. The lowest BCUT2D eigenvalue weighted by Crippen LogP contribution is -2.45. The molecular formula is C21H36N6O. The van der Waals surface area contributed by atoms with Crippen LogP contribution < -0.4 is 16.4 Å². The summed E-state index contributed by atoms with van der Waals surface area (Å²) in [4.78, 5) is 13.8.